The van der Waals surface area contributed by atoms with E-state index in [0.29, 0.717) is 32.6 Å². The van der Waals surface area contributed by atoms with Crippen molar-refractivity contribution in [3.05, 3.63) is 69.8 Å². The van der Waals surface area contributed by atoms with Gasteiger partial charge in [0.1, 0.15) is 0 Å². The van der Waals surface area contributed by atoms with Crippen LogP contribution in [0.15, 0.2) is 52.5 Å². The number of aromatic nitrogens is 2. The van der Waals surface area contributed by atoms with E-state index in [-0.39, 0.29) is 29.6 Å². The number of hydrogen-bond acceptors (Lipinski definition) is 5. The number of amidine groups is 1. The summed E-state index contributed by atoms with van der Waals surface area (Å²) in [4.78, 5) is 21.7. The van der Waals surface area contributed by atoms with Gasteiger partial charge in [0.05, 0.1) is 34.3 Å². The lowest BCUT2D eigenvalue weighted by Gasteiger charge is -2.45. The van der Waals surface area contributed by atoms with Crippen LogP contribution in [0.1, 0.15) is 36.1 Å². The molecule has 1 saturated heterocycles. The summed E-state index contributed by atoms with van der Waals surface area (Å²) in [6.07, 6.45) is -6.69. The topological polar surface area (TPSA) is 53.7 Å². The van der Waals surface area contributed by atoms with Gasteiger partial charge in [0, 0.05) is 30.6 Å². The molecule has 0 bridgehead atoms. The molecule has 1 amide bonds. The number of carbonyl (C=O) groups is 1. The first-order valence-electron chi connectivity index (χ1n) is 12.3. The van der Waals surface area contributed by atoms with Gasteiger partial charge in [-0.25, -0.2) is 0 Å². The normalized spacial score (nSPS) is 19.6. The molecule has 0 N–H and O–H groups in total. The van der Waals surface area contributed by atoms with Crippen LogP contribution in [0.5, 0.6) is 0 Å². The molecule has 212 valence electrons. The average molecular weight is 582 g/mol. The average Bonchev–Trinajstić information content (AvgIpc) is 3.42. The Morgan fingerprint density at radius 3 is 2.45 bits per heavy atom. The van der Waals surface area contributed by atoms with E-state index in [1.165, 1.54) is 22.6 Å². The van der Waals surface area contributed by atoms with E-state index in [2.05, 4.69) is 40.8 Å². The number of fused-ring (bicyclic) bond motifs is 1. The number of benzene rings is 2. The monoisotopic (exact) mass is 581 g/mol. The number of halogens is 6. The molecule has 2 aliphatic rings. The number of aliphatic imine (C=N–C) groups is 1. The summed E-state index contributed by atoms with van der Waals surface area (Å²) in [6, 6.07) is 6.70. The standard InChI is InChI=1S/C27H25F6N5OS/c1-25(2)15-37(9-8-36(25)3)24-35-23(39)22(40-24)11-16-4-7-21-18(10-16)13-34-38(21)14-17-5-6-19(26(28,29)30)12-20(17)27(31,32)33/h4-7,10-13H,8-9,14-15H2,1-3H3. The van der Waals surface area contributed by atoms with E-state index in [4.69, 9.17) is 0 Å². The molecule has 2 aliphatic heterocycles. The number of rotatable bonds is 3. The van der Waals surface area contributed by atoms with Gasteiger partial charge in [-0.1, -0.05) is 12.1 Å². The molecule has 0 spiro atoms. The fourth-order valence-corrected chi connectivity index (χ4v) is 5.66. The number of hydrogen-bond donors (Lipinski definition) is 0. The minimum absolute atomic E-state index is 0.0662. The van der Waals surface area contributed by atoms with Crippen LogP contribution in [0.2, 0.25) is 0 Å². The van der Waals surface area contributed by atoms with E-state index in [0.717, 1.165) is 25.7 Å². The van der Waals surface area contributed by atoms with Gasteiger partial charge in [-0.05, 0) is 74.1 Å². The molecule has 6 nitrogen and oxygen atoms in total. The highest BCUT2D eigenvalue weighted by Crippen LogP contribution is 2.38. The second kappa shape index (κ2) is 9.95. The molecule has 0 unspecified atom stereocenters. The fraction of sp³-hybridized carbons (Fsp3) is 0.370. The number of alkyl halides is 6. The van der Waals surface area contributed by atoms with Crippen LogP contribution in [0.3, 0.4) is 0 Å². The maximum absolute atomic E-state index is 13.6. The van der Waals surface area contributed by atoms with Crippen molar-refractivity contribution in [3.63, 3.8) is 0 Å². The lowest BCUT2D eigenvalue weighted by molar-refractivity contribution is -0.143. The van der Waals surface area contributed by atoms with Gasteiger partial charge < -0.3 is 4.90 Å². The van der Waals surface area contributed by atoms with Crippen molar-refractivity contribution >= 4 is 39.8 Å². The quantitative estimate of drug-likeness (QED) is 0.276. The zero-order valence-corrected chi connectivity index (χ0v) is 22.6. The summed E-state index contributed by atoms with van der Waals surface area (Å²) in [6.45, 7) is 6.23. The zero-order valence-electron chi connectivity index (χ0n) is 21.8. The maximum Gasteiger partial charge on any atom is 0.416 e. The Morgan fingerprint density at radius 2 is 1.77 bits per heavy atom. The minimum atomic E-state index is -4.97. The van der Waals surface area contributed by atoms with Crippen LogP contribution in [0, 0.1) is 0 Å². The number of piperazine rings is 1. The molecule has 40 heavy (non-hydrogen) atoms. The number of likely N-dealkylation sites (N-methyl/N-ethyl adjacent to an activating group) is 1. The molecule has 0 saturated carbocycles. The molecule has 3 heterocycles. The van der Waals surface area contributed by atoms with Crippen LogP contribution >= 0.6 is 11.8 Å². The molecule has 3 aromatic rings. The van der Waals surface area contributed by atoms with Crippen molar-refractivity contribution in [1.82, 2.24) is 19.6 Å². The van der Waals surface area contributed by atoms with Gasteiger partial charge in [-0.3, -0.25) is 14.4 Å². The summed E-state index contributed by atoms with van der Waals surface area (Å²) in [5.74, 6) is -0.338. The molecule has 13 heteroatoms. The molecule has 2 aromatic carbocycles. The molecule has 1 aromatic heterocycles. The van der Waals surface area contributed by atoms with Crippen LogP contribution in [-0.4, -0.2) is 62.9 Å². The van der Waals surface area contributed by atoms with Crippen molar-refractivity contribution in [3.8, 4) is 0 Å². The van der Waals surface area contributed by atoms with E-state index in [9.17, 15) is 31.1 Å². The van der Waals surface area contributed by atoms with Gasteiger partial charge in [0.15, 0.2) is 5.17 Å². The summed E-state index contributed by atoms with van der Waals surface area (Å²) in [5.41, 5.74) is -1.94. The predicted molar refractivity (Wildman–Crippen MR) is 142 cm³/mol. The zero-order chi connectivity index (χ0) is 29.0. The van der Waals surface area contributed by atoms with Crippen molar-refractivity contribution in [2.75, 3.05) is 26.7 Å². The summed E-state index contributed by atoms with van der Waals surface area (Å²) in [5, 5.41) is 5.43. The van der Waals surface area contributed by atoms with Gasteiger partial charge in [0.25, 0.3) is 5.91 Å². The highest BCUT2D eigenvalue weighted by Gasteiger charge is 2.38. The maximum atomic E-state index is 13.6. The van der Waals surface area contributed by atoms with E-state index >= 15 is 0 Å². The van der Waals surface area contributed by atoms with Crippen molar-refractivity contribution in [1.29, 1.82) is 0 Å². The molecule has 0 radical (unpaired) electrons. The van der Waals surface area contributed by atoms with E-state index < -0.39 is 23.5 Å². The van der Waals surface area contributed by atoms with Crippen LogP contribution < -0.4 is 0 Å². The third-order valence-corrected chi connectivity index (χ3v) is 8.27. The van der Waals surface area contributed by atoms with Crippen molar-refractivity contribution in [2.45, 2.75) is 38.3 Å². The molecular weight excluding hydrogens is 556 g/mol. The van der Waals surface area contributed by atoms with Gasteiger partial charge >= 0.3 is 12.4 Å². The molecule has 1 fully saturated rings. The third kappa shape index (κ3) is 5.62. The fourth-order valence-electron chi connectivity index (χ4n) is 4.73. The van der Waals surface area contributed by atoms with E-state index in [1.54, 1.807) is 24.3 Å². The summed E-state index contributed by atoms with van der Waals surface area (Å²) in [7, 11) is 2.06. The Morgan fingerprint density at radius 1 is 1.02 bits per heavy atom. The minimum Gasteiger partial charge on any atom is -0.348 e. The second-order valence-corrected chi connectivity index (χ2v) is 11.5. The summed E-state index contributed by atoms with van der Waals surface area (Å²) >= 11 is 1.30. The summed E-state index contributed by atoms with van der Waals surface area (Å²) < 4.78 is 81.1. The third-order valence-electron chi connectivity index (χ3n) is 7.22. The smallest absolute Gasteiger partial charge is 0.348 e. The van der Waals surface area contributed by atoms with Crippen LogP contribution in [-0.2, 0) is 23.7 Å². The Labute approximate surface area is 230 Å². The predicted octanol–water partition coefficient (Wildman–Crippen LogP) is 6.12. The van der Waals surface area contributed by atoms with Gasteiger partial charge in [0.2, 0.25) is 0 Å². The Bertz CT molecular complexity index is 1540. The number of amides is 1. The molecule has 5 rings (SSSR count). The van der Waals surface area contributed by atoms with Crippen molar-refractivity contribution < 1.29 is 31.1 Å². The largest absolute Gasteiger partial charge is 0.416 e. The first-order valence-corrected chi connectivity index (χ1v) is 13.2. The molecular formula is C27H25F6N5OS. The van der Waals surface area contributed by atoms with Crippen LogP contribution in [0.25, 0.3) is 17.0 Å². The second-order valence-electron chi connectivity index (χ2n) is 10.5. The Balaban J connectivity index is 1.36. The van der Waals surface area contributed by atoms with Gasteiger partial charge in [-0.15, -0.1) is 0 Å². The first-order chi connectivity index (χ1) is 18.6. The SMILES string of the molecule is CN1CCN(C2=NC(=O)C(=Cc3ccc4c(cnn4Cc4ccc(C(F)(F)F)cc4C(F)(F)F)c3)S2)CC1(C)C. The van der Waals surface area contributed by atoms with Crippen molar-refractivity contribution in [2.24, 2.45) is 4.99 Å². The Kier molecular flexibility index (Phi) is 7.02. The highest BCUT2D eigenvalue weighted by atomic mass is 32.2. The van der Waals surface area contributed by atoms with Gasteiger partial charge in [-0.2, -0.15) is 36.4 Å². The highest BCUT2D eigenvalue weighted by molar-refractivity contribution is 8.18. The number of thioether (sulfide) groups is 1. The molecule has 0 atom stereocenters. The van der Waals surface area contributed by atoms with E-state index in [1.807, 2.05) is 0 Å². The lowest BCUT2D eigenvalue weighted by Crippen LogP contribution is -2.58. The molecule has 0 aliphatic carbocycles. The number of carbonyl (C=O) groups excluding carboxylic acids is 1. The Hall–Kier alpha value is -3.32. The first kappa shape index (κ1) is 28.2. The van der Waals surface area contributed by atoms with Crippen LogP contribution in [0.4, 0.5) is 26.3 Å². The number of nitrogens with zero attached hydrogens (tertiary/aromatic N) is 5. The lowest BCUT2D eigenvalue weighted by atomic mass is 10.0.